The number of carbonyl (C=O) groups is 2. The number of halogens is 4. The first-order valence-electron chi connectivity index (χ1n) is 12.8. The van der Waals surface area contributed by atoms with Gasteiger partial charge in [-0.05, 0) is 56.9 Å². The standard InChI is InChI=1S/C29H32Cl2F2N2O5/c1-28(2,27(39)40-3)13-23-29(15-34,19-11-10-16(30)12-21(19)32)24(18-7-5-8-20(31)25(18)33)26(35-23)22(38)9-4-6-17(37)14-36/h5,7-8,10-12,17,23-24,26,35-37H,4,6,9,13-14H2,1-3H3/t17-,23-,24-,26-,29-/m0/s1. The summed E-state index contributed by atoms with van der Waals surface area (Å²) >= 11 is 12.1. The van der Waals surface area contributed by atoms with E-state index in [0.717, 1.165) is 6.07 Å². The van der Waals surface area contributed by atoms with E-state index in [4.69, 9.17) is 33.0 Å². The van der Waals surface area contributed by atoms with Crippen molar-refractivity contribution in [2.45, 2.75) is 69.1 Å². The number of ketones is 1. The van der Waals surface area contributed by atoms with Crippen LogP contribution in [0.1, 0.15) is 56.6 Å². The average Bonchev–Trinajstić information content (AvgIpc) is 3.23. The first-order chi connectivity index (χ1) is 18.8. The molecule has 2 aromatic rings. The molecule has 1 aliphatic rings. The van der Waals surface area contributed by atoms with E-state index in [2.05, 4.69) is 11.4 Å². The van der Waals surface area contributed by atoms with E-state index in [-0.39, 0.29) is 46.9 Å². The lowest BCUT2D eigenvalue weighted by atomic mass is 9.62. The fraction of sp³-hybridized carbons (Fsp3) is 0.483. The number of benzene rings is 2. The van der Waals surface area contributed by atoms with Crippen LogP contribution >= 0.6 is 23.2 Å². The number of carbonyl (C=O) groups excluding carboxylic acids is 2. The minimum absolute atomic E-state index is 0.0667. The molecule has 5 atom stereocenters. The fourth-order valence-electron chi connectivity index (χ4n) is 5.62. The number of nitrogens with zero attached hydrogens (tertiary/aromatic N) is 1. The van der Waals surface area contributed by atoms with Gasteiger partial charge in [0.15, 0.2) is 0 Å². The van der Waals surface area contributed by atoms with E-state index in [0.29, 0.717) is 0 Å². The molecule has 0 spiro atoms. The molecule has 3 rings (SSSR count). The third-order valence-electron chi connectivity index (χ3n) is 7.60. The molecule has 1 heterocycles. The summed E-state index contributed by atoms with van der Waals surface area (Å²) in [7, 11) is 1.22. The minimum Gasteiger partial charge on any atom is -0.469 e. The summed E-state index contributed by atoms with van der Waals surface area (Å²) < 4.78 is 36.3. The number of nitriles is 1. The Morgan fingerprint density at radius 2 is 1.95 bits per heavy atom. The van der Waals surface area contributed by atoms with Crippen molar-refractivity contribution in [1.82, 2.24) is 5.32 Å². The second kappa shape index (κ2) is 12.9. The van der Waals surface area contributed by atoms with Crippen molar-refractivity contribution in [1.29, 1.82) is 5.26 Å². The molecular formula is C29H32Cl2F2N2O5. The molecule has 1 fully saturated rings. The van der Waals surface area contributed by atoms with Crippen molar-refractivity contribution in [3.63, 3.8) is 0 Å². The maximum absolute atomic E-state index is 15.7. The van der Waals surface area contributed by atoms with Gasteiger partial charge < -0.3 is 20.3 Å². The zero-order valence-corrected chi connectivity index (χ0v) is 23.9. The number of ether oxygens (including phenoxy) is 1. The largest absolute Gasteiger partial charge is 0.469 e. The highest BCUT2D eigenvalue weighted by Crippen LogP contribution is 2.53. The van der Waals surface area contributed by atoms with Crippen LogP contribution in [0.2, 0.25) is 10.0 Å². The summed E-state index contributed by atoms with van der Waals surface area (Å²) in [6.45, 7) is 2.73. The fourth-order valence-corrected chi connectivity index (χ4v) is 5.97. The molecule has 3 N–H and O–H groups in total. The minimum atomic E-state index is -1.89. The van der Waals surface area contributed by atoms with E-state index >= 15 is 8.78 Å². The highest BCUT2D eigenvalue weighted by atomic mass is 35.5. The van der Waals surface area contributed by atoms with Crippen LogP contribution in [0.4, 0.5) is 8.78 Å². The predicted octanol–water partition coefficient (Wildman–Crippen LogP) is 4.84. The highest BCUT2D eigenvalue weighted by Gasteiger charge is 2.61. The molecule has 40 heavy (non-hydrogen) atoms. The molecule has 0 bridgehead atoms. The van der Waals surface area contributed by atoms with E-state index in [1.165, 1.54) is 37.4 Å². The molecule has 1 aliphatic heterocycles. The van der Waals surface area contributed by atoms with Crippen LogP contribution in [0.25, 0.3) is 0 Å². The van der Waals surface area contributed by atoms with Crippen LogP contribution in [0, 0.1) is 28.4 Å². The number of hydrogen-bond donors (Lipinski definition) is 3. The Morgan fingerprint density at radius 3 is 2.55 bits per heavy atom. The van der Waals surface area contributed by atoms with Gasteiger partial charge in [-0.1, -0.05) is 41.4 Å². The van der Waals surface area contributed by atoms with Crippen molar-refractivity contribution in [3.8, 4) is 6.07 Å². The first kappa shape index (κ1) is 31.9. The first-order valence-corrected chi connectivity index (χ1v) is 13.6. The van der Waals surface area contributed by atoms with Crippen LogP contribution in [0.15, 0.2) is 36.4 Å². The normalized spacial score (nSPS) is 23.4. The molecule has 7 nitrogen and oxygen atoms in total. The van der Waals surface area contributed by atoms with Crippen molar-refractivity contribution >= 4 is 35.0 Å². The Bertz CT molecular complexity index is 1300. The lowest BCUT2D eigenvalue weighted by Crippen LogP contribution is -2.46. The van der Waals surface area contributed by atoms with Crippen LogP contribution < -0.4 is 5.32 Å². The lowest BCUT2D eigenvalue weighted by molar-refractivity contribution is -0.151. The number of methoxy groups -OCH3 is 1. The SMILES string of the molecule is COC(=O)C(C)(C)C[C@@H]1N[C@@H](C(=O)CCC[C@H](O)CO)[C@H](c2cccc(Cl)c2F)[C@@]1(C#N)c1ccc(Cl)cc1F. The monoisotopic (exact) mass is 596 g/mol. The third kappa shape index (κ3) is 6.17. The van der Waals surface area contributed by atoms with Crippen LogP contribution in [0.5, 0.6) is 0 Å². The van der Waals surface area contributed by atoms with Gasteiger partial charge in [-0.15, -0.1) is 0 Å². The molecule has 0 aromatic heterocycles. The molecule has 2 aromatic carbocycles. The zero-order valence-electron chi connectivity index (χ0n) is 22.4. The number of esters is 1. The zero-order chi connectivity index (χ0) is 29.8. The summed E-state index contributed by atoms with van der Waals surface area (Å²) in [6, 6.07) is 7.98. The Morgan fingerprint density at radius 1 is 1.25 bits per heavy atom. The topological polar surface area (TPSA) is 120 Å². The predicted molar refractivity (Wildman–Crippen MR) is 146 cm³/mol. The maximum Gasteiger partial charge on any atom is 0.311 e. The summed E-state index contributed by atoms with van der Waals surface area (Å²) in [6.07, 6.45) is -0.817. The number of nitrogens with one attached hydrogen (secondary N) is 1. The Hall–Kier alpha value is -2.61. The highest BCUT2D eigenvalue weighted by molar-refractivity contribution is 6.31. The van der Waals surface area contributed by atoms with Gasteiger partial charge in [0.05, 0.1) is 42.4 Å². The Balaban J connectivity index is 2.27. The van der Waals surface area contributed by atoms with Gasteiger partial charge in [0.1, 0.15) is 22.8 Å². The number of rotatable bonds is 11. The van der Waals surface area contributed by atoms with E-state index in [1.54, 1.807) is 13.8 Å². The van der Waals surface area contributed by atoms with Gasteiger partial charge in [-0.2, -0.15) is 5.26 Å². The number of Topliss-reactive ketones (excluding diaryl/α,β-unsaturated/α-hetero) is 1. The molecule has 0 amide bonds. The Labute approximate surface area is 242 Å². The summed E-state index contributed by atoms with van der Waals surface area (Å²) in [4.78, 5) is 26.3. The molecule has 0 aliphatic carbocycles. The Kier molecular flexibility index (Phi) is 10.3. The molecule has 0 radical (unpaired) electrons. The molecule has 11 heteroatoms. The van der Waals surface area contributed by atoms with Crippen molar-refractivity contribution in [3.05, 3.63) is 69.2 Å². The molecule has 216 valence electrons. The van der Waals surface area contributed by atoms with E-state index in [9.17, 15) is 20.0 Å². The summed E-state index contributed by atoms with van der Waals surface area (Å²) in [5.41, 5.74) is -3.26. The van der Waals surface area contributed by atoms with Crippen LogP contribution in [0.3, 0.4) is 0 Å². The van der Waals surface area contributed by atoms with E-state index in [1.807, 2.05) is 0 Å². The molecule has 1 saturated heterocycles. The molecule has 0 saturated carbocycles. The van der Waals surface area contributed by atoms with Crippen LogP contribution in [-0.2, 0) is 19.7 Å². The smallest absolute Gasteiger partial charge is 0.311 e. The quantitative estimate of drug-likeness (QED) is 0.317. The average molecular weight is 597 g/mol. The van der Waals surface area contributed by atoms with Gasteiger partial charge in [0.25, 0.3) is 0 Å². The van der Waals surface area contributed by atoms with Gasteiger partial charge in [-0.3, -0.25) is 9.59 Å². The van der Waals surface area contributed by atoms with Gasteiger partial charge in [0, 0.05) is 29.0 Å². The van der Waals surface area contributed by atoms with Crippen molar-refractivity contribution in [2.24, 2.45) is 5.41 Å². The third-order valence-corrected chi connectivity index (χ3v) is 8.13. The lowest BCUT2D eigenvalue weighted by Gasteiger charge is -2.37. The summed E-state index contributed by atoms with van der Waals surface area (Å²) in [5.74, 6) is -3.95. The second-order valence-corrected chi connectivity index (χ2v) is 11.5. The molecule has 0 unspecified atom stereocenters. The number of aliphatic hydroxyl groups is 2. The maximum atomic E-state index is 15.7. The van der Waals surface area contributed by atoms with Gasteiger partial charge >= 0.3 is 5.97 Å². The van der Waals surface area contributed by atoms with E-state index < -0.39 is 64.9 Å². The molecular weight excluding hydrogens is 565 g/mol. The van der Waals surface area contributed by atoms with Gasteiger partial charge in [-0.25, -0.2) is 8.78 Å². The summed E-state index contributed by atoms with van der Waals surface area (Å²) in [5, 5.41) is 32.7. The number of aliphatic hydroxyl groups excluding tert-OH is 2. The van der Waals surface area contributed by atoms with Crippen molar-refractivity contribution in [2.75, 3.05) is 13.7 Å². The second-order valence-electron chi connectivity index (χ2n) is 10.7. The number of hydrogen-bond acceptors (Lipinski definition) is 7. The van der Waals surface area contributed by atoms with Crippen molar-refractivity contribution < 1.29 is 33.3 Å². The van der Waals surface area contributed by atoms with Crippen LogP contribution in [-0.4, -0.2) is 53.9 Å². The van der Waals surface area contributed by atoms with Gasteiger partial charge in [0.2, 0.25) is 0 Å².